The molecule has 0 fully saturated rings. The summed E-state index contributed by atoms with van der Waals surface area (Å²) in [6, 6.07) is 3.70. The Morgan fingerprint density at radius 2 is 2.27 bits per heavy atom. The summed E-state index contributed by atoms with van der Waals surface area (Å²) >= 11 is 5.51. The highest BCUT2D eigenvalue weighted by Gasteiger charge is 1.92. The summed E-state index contributed by atoms with van der Waals surface area (Å²) in [6.45, 7) is 0. The van der Waals surface area contributed by atoms with E-state index in [4.69, 9.17) is 16.9 Å². The fourth-order valence-electron chi connectivity index (χ4n) is 0.622. The second-order valence-corrected chi connectivity index (χ2v) is 2.09. The van der Waals surface area contributed by atoms with E-state index < -0.39 is 0 Å². The molecular formula is C7H6Cl2N2. The summed E-state index contributed by atoms with van der Waals surface area (Å²) in [4.78, 5) is 3.82. The van der Waals surface area contributed by atoms with Crippen LogP contribution in [-0.4, -0.2) is 4.98 Å². The van der Waals surface area contributed by atoms with Crippen molar-refractivity contribution in [2.45, 2.75) is 5.88 Å². The van der Waals surface area contributed by atoms with Crippen LogP contribution in [0.1, 0.15) is 11.1 Å². The molecule has 0 unspecified atom stereocenters. The van der Waals surface area contributed by atoms with Crippen LogP contribution in [0.15, 0.2) is 18.5 Å². The number of halogens is 2. The van der Waals surface area contributed by atoms with E-state index in [0.29, 0.717) is 11.4 Å². The molecule has 0 aliphatic carbocycles. The van der Waals surface area contributed by atoms with Crippen molar-refractivity contribution in [1.29, 1.82) is 5.26 Å². The van der Waals surface area contributed by atoms with Gasteiger partial charge in [-0.3, -0.25) is 4.98 Å². The van der Waals surface area contributed by atoms with E-state index in [2.05, 4.69) is 4.98 Å². The number of hydrogen-bond donors (Lipinski definition) is 0. The second-order valence-electron chi connectivity index (χ2n) is 1.83. The monoisotopic (exact) mass is 188 g/mol. The van der Waals surface area contributed by atoms with Gasteiger partial charge in [0.2, 0.25) is 0 Å². The Morgan fingerprint density at radius 1 is 1.55 bits per heavy atom. The smallest absolute Gasteiger partial charge is 0.101 e. The Morgan fingerprint density at radius 3 is 2.82 bits per heavy atom. The first-order chi connectivity index (χ1) is 4.86. The zero-order chi connectivity index (χ0) is 7.40. The topological polar surface area (TPSA) is 36.7 Å². The molecule has 4 heteroatoms. The lowest BCUT2D eigenvalue weighted by molar-refractivity contribution is 1.23. The molecule has 0 aliphatic rings. The van der Waals surface area contributed by atoms with Gasteiger partial charge in [0.25, 0.3) is 0 Å². The zero-order valence-corrected chi connectivity index (χ0v) is 7.19. The number of pyridine rings is 1. The third-order valence-corrected chi connectivity index (χ3v) is 1.39. The molecular weight excluding hydrogens is 183 g/mol. The highest BCUT2D eigenvalue weighted by atomic mass is 35.5. The van der Waals surface area contributed by atoms with Crippen LogP contribution >= 0.6 is 24.0 Å². The lowest BCUT2D eigenvalue weighted by atomic mass is 10.2. The molecule has 1 aromatic rings. The van der Waals surface area contributed by atoms with Gasteiger partial charge < -0.3 is 0 Å². The molecule has 1 aromatic heterocycles. The van der Waals surface area contributed by atoms with Crippen molar-refractivity contribution < 1.29 is 0 Å². The first kappa shape index (κ1) is 10.2. The molecule has 0 saturated carbocycles. The predicted molar refractivity (Wildman–Crippen MR) is 45.8 cm³/mol. The van der Waals surface area contributed by atoms with Gasteiger partial charge in [-0.2, -0.15) is 5.26 Å². The van der Waals surface area contributed by atoms with Crippen LogP contribution < -0.4 is 0 Å². The number of nitriles is 1. The van der Waals surface area contributed by atoms with Crippen LogP contribution in [0.3, 0.4) is 0 Å². The van der Waals surface area contributed by atoms with Crippen molar-refractivity contribution in [3.8, 4) is 6.07 Å². The van der Waals surface area contributed by atoms with E-state index in [-0.39, 0.29) is 12.4 Å². The molecule has 0 aliphatic heterocycles. The van der Waals surface area contributed by atoms with Gasteiger partial charge in [-0.05, 0) is 11.6 Å². The summed E-state index contributed by atoms with van der Waals surface area (Å²) < 4.78 is 0. The largest absolute Gasteiger partial charge is 0.263 e. The van der Waals surface area contributed by atoms with Crippen molar-refractivity contribution in [3.63, 3.8) is 0 Å². The molecule has 0 radical (unpaired) electrons. The summed E-state index contributed by atoms with van der Waals surface area (Å²) in [6.07, 6.45) is 3.16. The van der Waals surface area contributed by atoms with E-state index in [1.807, 2.05) is 6.07 Å². The van der Waals surface area contributed by atoms with Gasteiger partial charge in [-0.1, -0.05) is 0 Å². The molecule has 0 N–H and O–H groups in total. The quantitative estimate of drug-likeness (QED) is 0.634. The molecule has 1 rings (SSSR count). The fraction of sp³-hybridized carbons (Fsp3) is 0.143. The number of nitrogens with zero attached hydrogens (tertiary/aromatic N) is 2. The maximum atomic E-state index is 8.42. The van der Waals surface area contributed by atoms with Gasteiger partial charge in [0.1, 0.15) is 6.07 Å². The van der Waals surface area contributed by atoms with Gasteiger partial charge in [-0.15, -0.1) is 24.0 Å². The van der Waals surface area contributed by atoms with Gasteiger partial charge in [-0.25, -0.2) is 0 Å². The number of rotatable bonds is 1. The van der Waals surface area contributed by atoms with E-state index >= 15 is 0 Å². The number of hydrogen-bond acceptors (Lipinski definition) is 2. The molecule has 0 saturated heterocycles. The fourth-order valence-corrected chi connectivity index (χ4v) is 0.768. The summed E-state index contributed by atoms with van der Waals surface area (Å²) in [5, 5.41) is 8.42. The van der Waals surface area contributed by atoms with Gasteiger partial charge in [0.15, 0.2) is 0 Å². The SMILES string of the molecule is Cl.N#Cc1cncc(CCl)c1. The van der Waals surface area contributed by atoms with Crippen LogP contribution in [0.4, 0.5) is 0 Å². The van der Waals surface area contributed by atoms with Gasteiger partial charge in [0, 0.05) is 18.3 Å². The minimum atomic E-state index is 0. The van der Waals surface area contributed by atoms with E-state index in [9.17, 15) is 0 Å². The molecule has 2 nitrogen and oxygen atoms in total. The number of alkyl halides is 1. The zero-order valence-electron chi connectivity index (χ0n) is 5.62. The van der Waals surface area contributed by atoms with Crippen molar-refractivity contribution >= 4 is 24.0 Å². The molecule has 0 amide bonds. The lowest BCUT2D eigenvalue weighted by Gasteiger charge is -1.91. The Kier molecular flexibility index (Phi) is 4.60. The highest BCUT2D eigenvalue weighted by Crippen LogP contribution is 2.03. The molecule has 0 bridgehead atoms. The molecule has 58 valence electrons. The molecule has 0 spiro atoms. The Balaban J connectivity index is 0.000001000. The molecule has 1 heterocycles. The van der Waals surface area contributed by atoms with Crippen LogP contribution in [0, 0.1) is 11.3 Å². The average Bonchev–Trinajstić information content (AvgIpc) is 2.05. The average molecular weight is 189 g/mol. The van der Waals surface area contributed by atoms with Crippen LogP contribution in [0.2, 0.25) is 0 Å². The minimum absolute atomic E-state index is 0. The lowest BCUT2D eigenvalue weighted by Crippen LogP contribution is -1.82. The molecule has 0 aromatic carbocycles. The third kappa shape index (κ3) is 2.75. The highest BCUT2D eigenvalue weighted by molar-refractivity contribution is 6.17. The first-order valence-corrected chi connectivity index (χ1v) is 3.30. The Labute approximate surface area is 76.2 Å². The van der Waals surface area contributed by atoms with Crippen molar-refractivity contribution in [3.05, 3.63) is 29.6 Å². The van der Waals surface area contributed by atoms with E-state index in [0.717, 1.165) is 5.56 Å². The second kappa shape index (κ2) is 4.95. The molecule has 0 atom stereocenters. The predicted octanol–water partition coefficient (Wildman–Crippen LogP) is 2.11. The van der Waals surface area contributed by atoms with E-state index in [1.54, 1.807) is 12.3 Å². The van der Waals surface area contributed by atoms with Crippen molar-refractivity contribution in [1.82, 2.24) is 4.98 Å². The van der Waals surface area contributed by atoms with Crippen molar-refractivity contribution in [2.75, 3.05) is 0 Å². The normalized spacial score (nSPS) is 8.00. The maximum Gasteiger partial charge on any atom is 0.101 e. The van der Waals surface area contributed by atoms with Gasteiger partial charge >= 0.3 is 0 Å². The van der Waals surface area contributed by atoms with E-state index in [1.165, 1.54) is 6.20 Å². The molecule has 11 heavy (non-hydrogen) atoms. The standard InChI is InChI=1S/C7H5ClN2.ClH/c8-2-6-1-7(3-9)5-10-4-6;/h1,4-5H,2H2;1H. The van der Waals surface area contributed by atoms with Crippen LogP contribution in [-0.2, 0) is 5.88 Å². The van der Waals surface area contributed by atoms with Crippen molar-refractivity contribution in [2.24, 2.45) is 0 Å². The number of aromatic nitrogens is 1. The van der Waals surface area contributed by atoms with Crippen LogP contribution in [0.5, 0.6) is 0 Å². The Hall–Kier alpha value is -0.780. The maximum absolute atomic E-state index is 8.42. The Bertz CT molecular complexity index is 267. The minimum Gasteiger partial charge on any atom is -0.263 e. The van der Waals surface area contributed by atoms with Gasteiger partial charge in [0.05, 0.1) is 5.56 Å². The first-order valence-electron chi connectivity index (χ1n) is 2.77. The summed E-state index contributed by atoms with van der Waals surface area (Å²) in [5.41, 5.74) is 1.43. The summed E-state index contributed by atoms with van der Waals surface area (Å²) in [5.74, 6) is 0.405. The summed E-state index contributed by atoms with van der Waals surface area (Å²) in [7, 11) is 0. The van der Waals surface area contributed by atoms with Crippen LogP contribution in [0.25, 0.3) is 0 Å². The third-order valence-electron chi connectivity index (χ3n) is 1.08.